The first-order valence-corrected chi connectivity index (χ1v) is 11.5. The molecule has 0 N–H and O–H groups in total. The van der Waals surface area contributed by atoms with Crippen molar-refractivity contribution >= 4 is 27.7 Å². The van der Waals surface area contributed by atoms with Gasteiger partial charge in [0.15, 0.2) is 5.84 Å². The molecule has 1 amide bonds. The molecule has 0 aliphatic carbocycles. The third kappa shape index (κ3) is 3.20. The number of piperazine rings is 1. The number of carbonyl (C=O) groups excluding carboxylic acids is 1. The van der Waals surface area contributed by atoms with E-state index >= 15 is 0 Å². The van der Waals surface area contributed by atoms with E-state index in [0.29, 0.717) is 56.5 Å². The summed E-state index contributed by atoms with van der Waals surface area (Å²) < 4.78 is 28.9. The second-order valence-electron chi connectivity index (χ2n) is 7.60. The van der Waals surface area contributed by atoms with Gasteiger partial charge in [-0.05, 0) is 31.0 Å². The highest BCUT2D eigenvalue weighted by Crippen LogP contribution is 2.31. The van der Waals surface area contributed by atoms with Crippen LogP contribution in [0.5, 0.6) is 0 Å². The summed E-state index contributed by atoms with van der Waals surface area (Å²) in [5.74, 6) is 1.11. The number of amidine groups is 1. The highest BCUT2D eigenvalue weighted by atomic mass is 32.2. The summed E-state index contributed by atoms with van der Waals surface area (Å²) in [5, 5.41) is 0. The van der Waals surface area contributed by atoms with Crippen LogP contribution in [0.2, 0.25) is 0 Å². The van der Waals surface area contributed by atoms with Gasteiger partial charge in [0.1, 0.15) is 10.9 Å². The average molecular weight is 427 g/mol. The standard InChI is InChI=1S/C20H22N6O3S/c27-19(24-11-13-25(14-12-24)20-21-8-4-9-22-20)16-6-3-10-26(16)18-15-5-1-2-7-17(15)30(28,29)23-18/h1-2,4-5,7-9,16H,3,6,10-14H2/t16-/m0/s1. The normalized spacial score (nSPS) is 22.7. The number of fused-ring (bicyclic) bond motifs is 1. The maximum absolute atomic E-state index is 13.3. The van der Waals surface area contributed by atoms with Gasteiger partial charge in [0.2, 0.25) is 11.9 Å². The summed E-state index contributed by atoms with van der Waals surface area (Å²) in [4.78, 5) is 27.9. The molecular weight excluding hydrogens is 404 g/mol. The Morgan fingerprint density at radius 2 is 1.70 bits per heavy atom. The zero-order valence-electron chi connectivity index (χ0n) is 16.4. The van der Waals surface area contributed by atoms with Crippen LogP contribution in [0.3, 0.4) is 0 Å². The van der Waals surface area contributed by atoms with Gasteiger partial charge in [0.25, 0.3) is 10.0 Å². The Morgan fingerprint density at radius 3 is 2.47 bits per heavy atom. The van der Waals surface area contributed by atoms with Crippen LogP contribution in [0.15, 0.2) is 52.0 Å². The van der Waals surface area contributed by atoms with Crippen LogP contribution in [0.25, 0.3) is 0 Å². The van der Waals surface area contributed by atoms with Crippen LogP contribution in [0.1, 0.15) is 18.4 Å². The minimum Gasteiger partial charge on any atom is -0.343 e. The maximum atomic E-state index is 13.3. The zero-order valence-corrected chi connectivity index (χ0v) is 17.2. The van der Waals surface area contributed by atoms with Gasteiger partial charge < -0.3 is 14.7 Å². The van der Waals surface area contributed by atoms with Crippen molar-refractivity contribution in [2.75, 3.05) is 37.6 Å². The highest BCUT2D eigenvalue weighted by molar-refractivity contribution is 7.90. The molecule has 9 nitrogen and oxygen atoms in total. The van der Waals surface area contributed by atoms with Crippen molar-refractivity contribution in [2.45, 2.75) is 23.8 Å². The minimum absolute atomic E-state index is 0.0330. The van der Waals surface area contributed by atoms with E-state index in [2.05, 4.69) is 19.3 Å². The molecule has 5 rings (SSSR count). The first-order chi connectivity index (χ1) is 14.5. The largest absolute Gasteiger partial charge is 0.343 e. The van der Waals surface area contributed by atoms with Gasteiger partial charge in [-0.1, -0.05) is 12.1 Å². The number of anilines is 1. The minimum atomic E-state index is -3.70. The quantitative estimate of drug-likeness (QED) is 0.698. The predicted octanol–water partition coefficient (Wildman–Crippen LogP) is 0.739. The van der Waals surface area contributed by atoms with Crippen molar-refractivity contribution in [1.82, 2.24) is 19.8 Å². The maximum Gasteiger partial charge on any atom is 0.285 e. The number of hydrogen-bond acceptors (Lipinski definition) is 7. The molecule has 10 heteroatoms. The first-order valence-electron chi connectivity index (χ1n) is 10.1. The Labute approximate surface area is 175 Å². The van der Waals surface area contributed by atoms with Gasteiger partial charge in [0.05, 0.1) is 0 Å². The number of likely N-dealkylation sites (tertiary alicyclic amines) is 1. The zero-order chi connectivity index (χ0) is 20.7. The Hall–Kier alpha value is -3.01. The highest BCUT2D eigenvalue weighted by Gasteiger charge is 2.41. The van der Waals surface area contributed by atoms with Gasteiger partial charge in [-0.2, -0.15) is 8.42 Å². The molecule has 3 aliphatic rings. The number of rotatable bonds is 2. The lowest BCUT2D eigenvalue weighted by Gasteiger charge is -2.37. The van der Waals surface area contributed by atoms with Crippen LogP contribution in [-0.2, 0) is 14.8 Å². The summed E-state index contributed by atoms with van der Waals surface area (Å²) in [7, 11) is -3.70. The van der Waals surface area contributed by atoms with Crippen LogP contribution in [0.4, 0.5) is 5.95 Å². The first kappa shape index (κ1) is 19.0. The number of aromatic nitrogens is 2. The van der Waals surface area contributed by atoms with Crippen LogP contribution in [0, 0.1) is 0 Å². The van der Waals surface area contributed by atoms with E-state index in [-0.39, 0.29) is 16.8 Å². The Morgan fingerprint density at radius 1 is 0.967 bits per heavy atom. The third-order valence-corrected chi connectivity index (χ3v) is 7.17. The molecule has 0 spiro atoms. The van der Waals surface area contributed by atoms with Crippen molar-refractivity contribution < 1.29 is 13.2 Å². The lowest BCUT2D eigenvalue weighted by atomic mass is 10.1. The smallest absolute Gasteiger partial charge is 0.285 e. The van der Waals surface area contributed by atoms with E-state index in [4.69, 9.17) is 0 Å². The molecule has 2 aromatic rings. The fourth-order valence-electron chi connectivity index (χ4n) is 4.36. The number of amides is 1. The molecule has 2 fully saturated rings. The number of carbonyl (C=O) groups is 1. The number of sulfonamides is 1. The molecule has 4 heterocycles. The topological polar surface area (TPSA) is 99.1 Å². The molecule has 30 heavy (non-hydrogen) atoms. The SMILES string of the molecule is O=C([C@@H]1CCCN1C1=NS(=O)(=O)c2ccccc21)N1CCN(c2ncccn2)CC1. The van der Waals surface area contributed by atoms with Gasteiger partial charge in [-0.3, -0.25) is 4.79 Å². The fraction of sp³-hybridized carbons (Fsp3) is 0.400. The van der Waals surface area contributed by atoms with E-state index in [9.17, 15) is 13.2 Å². The van der Waals surface area contributed by atoms with E-state index in [1.54, 1.807) is 42.7 Å². The summed E-state index contributed by atoms with van der Waals surface area (Å²) in [6, 6.07) is 8.22. The molecule has 1 atom stereocenters. The average Bonchev–Trinajstić information content (AvgIpc) is 3.37. The van der Waals surface area contributed by atoms with Crippen LogP contribution in [-0.4, -0.2) is 78.7 Å². The van der Waals surface area contributed by atoms with Crippen molar-refractivity contribution in [3.05, 3.63) is 48.3 Å². The monoisotopic (exact) mass is 426 g/mol. The lowest BCUT2D eigenvalue weighted by Crippen LogP contribution is -2.54. The molecule has 3 aliphatic heterocycles. The van der Waals surface area contributed by atoms with Crippen molar-refractivity contribution in [2.24, 2.45) is 4.40 Å². The van der Waals surface area contributed by atoms with Crippen LogP contribution >= 0.6 is 0 Å². The second kappa shape index (κ2) is 7.35. The van der Waals surface area contributed by atoms with Gasteiger partial charge >= 0.3 is 0 Å². The van der Waals surface area contributed by atoms with E-state index in [0.717, 1.165) is 6.42 Å². The summed E-state index contributed by atoms with van der Waals surface area (Å²) >= 11 is 0. The van der Waals surface area contributed by atoms with E-state index in [1.165, 1.54) is 0 Å². The van der Waals surface area contributed by atoms with Gasteiger partial charge in [-0.25, -0.2) is 9.97 Å². The number of nitrogens with zero attached hydrogens (tertiary/aromatic N) is 6. The van der Waals surface area contributed by atoms with E-state index < -0.39 is 10.0 Å². The third-order valence-electron chi connectivity index (χ3n) is 5.85. The fourth-order valence-corrected chi connectivity index (χ4v) is 5.58. The van der Waals surface area contributed by atoms with Gasteiger partial charge in [-0.15, -0.1) is 4.40 Å². The molecular formula is C20H22N6O3S. The Balaban J connectivity index is 1.32. The number of hydrogen-bond donors (Lipinski definition) is 0. The van der Waals surface area contributed by atoms with Gasteiger partial charge in [0, 0.05) is 50.7 Å². The summed E-state index contributed by atoms with van der Waals surface area (Å²) in [6.45, 7) is 3.13. The Kier molecular flexibility index (Phi) is 4.65. The van der Waals surface area contributed by atoms with Crippen molar-refractivity contribution in [1.29, 1.82) is 0 Å². The molecule has 1 aromatic carbocycles. The molecule has 0 radical (unpaired) electrons. The van der Waals surface area contributed by atoms with Crippen molar-refractivity contribution in [3.63, 3.8) is 0 Å². The molecule has 0 unspecified atom stereocenters. The Bertz CT molecular complexity index is 1100. The molecule has 0 bridgehead atoms. The molecule has 1 aromatic heterocycles. The second-order valence-corrected chi connectivity index (χ2v) is 9.17. The van der Waals surface area contributed by atoms with Crippen LogP contribution < -0.4 is 4.90 Å². The summed E-state index contributed by atoms with van der Waals surface area (Å²) in [6.07, 6.45) is 4.95. The lowest BCUT2D eigenvalue weighted by molar-refractivity contribution is -0.135. The number of benzene rings is 1. The van der Waals surface area contributed by atoms with Crippen molar-refractivity contribution in [3.8, 4) is 0 Å². The molecule has 2 saturated heterocycles. The molecule has 156 valence electrons. The molecule has 0 saturated carbocycles. The summed E-state index contributed by atoms with van der Waals surface area (Å²) in [5.41, 5.74) is 0.586. The van der Waals surface area contributed by atoms with E-state index in [1.807, 2.05) is 9.80 Å². The predicted molar refractivity (Wildman–Crippen MR) is 111 cm³/mol.